The van der Waals surface area contributed by atoms with Gasteiger partial charge in [-0.05, 0) is 37.7 Å². The number of rotatable bonds is 11. The normalized spacial score (nSPS) is 31.6. The van der Waals surface area contributed by atoms with E-state index in [1.54, 1.807) is 4.90 Å². The number of hydrogen-bond acceptors (Lipinski definition) is 5. The summed E-state index contributed by atoms with van der Waals surface area (Å²) >= 11 is 0. The average Bonchev–Trinajstić information content (AvgIpc) is 3.45. The van der Waals surface area contributed by atoms with E-state index in [9.17, 15) is 19.5 Å². The average molecular weight is 472 g/mol. The minimum absolute atomic E-state index is 0.0770. The molecule has 3 heterocycles. The fraction of sp³-hybridized carbons (Fsp3) is 0.654. The monoisotopic (exact) mass is 471 g/mol. The summed E-state index contributed by atoms with van der Waals surface area (Å²) in [5.74, 6) is -1.97. The maximum Gasteiger partial charge on any atom is 0.245 e. The molecule has 8 nitrogen and oxygen atoms in total. The second-order valence-electron chi connectivity index (χ2n) is 9.79. The van der Waals surface area contributed by atoms with Crippen LogP contribution < -0.4 is 10.6 Å². The van der Waals surface area contributed by atoms with E-state index in [4.69, 9.17) is 4.74 Å². The summed E-state index contributed by atoms with van der Waals surface area (Å²) in [6.45, 7) is 5.14. The number of carbonyl (C=O) groups excluding carboxylic acids is 3. The van der Waals surface area contributed by atoms with Crippen molar-refractivity contribution in [2.24, 2.45) is 11.8 Å². The first-order valence-corrected chi connectivity index (χ1v) is 12.6. The molecule has 186 valence electrons. The second-order valence-corrected chi connectivity index (χ2v) is 9.79. The predicted molar refractivity (Wildman–Crippen MR) is 126 cm³/mol. The number of aliphatic hydroxyl groups excluding tert-OH is 1. The number of nitrogens with one attached hydrogen (secondary N) is 2. The molecule has 1 spiro atoms. The van der Waals surface area contributed by atoms with E-state index >= 15 is 0 Å². The zero-order chi connectivity index (χ0) is 24.3. The quantitative estimate of drug-likeness (QED) is 0.426. The van der Waals surface area contributed by atoms with Crippen LogP contribution in [0.3, 0.4) is 0 Å². The van der Waals surface area contributed by atoms with Crippen LogP contribution in [-0.2, 0) is 25.7 Å². The molecule has 8 heteroatoms. The maximum atomic E-state index is 13.8. The van der Waals surface area contributed by atoms with Crippen molar-refractivity contribution in [1.82, 2.24) is 15.5 Å². The maximum absolute atomic E-state index is 13.8. The standard InChI is InChI=1S/C26H37N3O5/c1-3-5-14-27-23(32)21-26-13-12-25(4-2,34-26)19(20(26)24(33)29(21)15-9-16-30)22(31)28-17-18-10-7-6-8-11-18/h6-8,10-11,19-21,30H,3-5,9,12-17H2,1-2H3,(H,27,32)(H,28,31)/t19-,20+,21?,25+,26?/m1/s1. The fourth-order valence-electron chi connectivity index (χ4n) is 6.28. The molecule has 3 N–H and O–H groups in total. The minimum Gasteiger partial charge on any atom is -0.396 e. The van der Waals surface area contributed by atoms with E-state index in [1.807, 2.05) is 37.3 Å². The van der Waals surface area contributed by atoms with Crippen LogP contribution in [-0.4, -0.2) is 64.7 Å². The van der Waals surface area contributed by atoms with Crippen LogP contribution >= 0.6 is 0 Å². The number of aliphatic hydroxyl groups is 1. The summed E-state index contributed by atoms with van der Waals surface area (Å²) in [5, 5.41) is 15.4. The molecule has 3 aliphatic heterocycles. The molecule has 0 aromatic heterocycles. The highest BCUT2D eigenvalue weighted by Gasteiger charge is 2.78. The molecule has 3 aliphatic rings. The van der Waals surface area contributed by atoms with Gasteiger partial charge < -0.3 is 25.4 Å². The number of fused-ring (bicyclic) bond motifs is 1. The molecular formula is C26H37N3O5. The summed E-state index contributed by atoms with van der Waals surface area (Å²) in [6.07, 6.45) is 3.99. The van der Waals surface area contributed by atoms with Crippen LogP contribution in [0.15, 0.2) is 30.3 Å². The molecule has 0 radical (unpaired) electrons. The number of unbranched alkanes of at least 4 members (excludes halogenated alkanes) is 1. The van der Waals surface area contributed by atoms with Gasteiger partial charge in [-0.2, -0.15) is 0 Å². The molecule has 0 saturated carbocycles. The van der Waals surface area contributed by atoms with Crippen molar-refractivity contribution in [3.8, 4) is 0 Å². The molecule has 5 atom stereocenters. The number of benzene rings is 1. The lowest BCUT2D eigenvalue weighted by Gasteiger charge is -2.34. The molecule has 0 aliphatic carbocycles. The molecule has 2 bridgehead atoms. The van der Waals surface area contributed by atoms with Gasteiger partial charge in [0.15, 0.2) is 0 Å². The number of ether oxygens (including phenoxy) is 1. The lowest BCUT2D eigenvalue weighted by Crippen LogP contribution is -2.55. The Morgan fingerprint density at radius 1 is 1.12 bits per heavy atom. The summed E-state index contributed by atoms with van der Waals surface area (Å²) in [7, 11) is 0. The summed E-state index contributed by atoms with van der Waals surface area (Å²) in [5.41, 5.74) is -0.768. The Labute approximate surface area is 201 Å². The van der Waals surface area contributed by atoms with Gasteiger partial charge >= 0.3 is 0 Å². The first-order valence-electron chi connectivity index (χ1n) is 12.6. The van der Waals surface area contributed by atoms with Crippen molar-refractivity contribution in [2.75, 3.05) is 19.7 Å². The van der Waals surface area contributed by atoms with E-state index in [0.29, 0.717) is 38.8 Å². The molecule has 2 unspecified atom stereocenters. The van der Waals surface area contributed by atoms with Gasteiger partial charge in [-0.15, -0.1) is 0 Å². The smallest absolute Gasteiger partial charge is 0.245 e. The van der Waals surface area contributed by atoms with Gasteiger partial charge in [-0.1, -0.05) is 50.6 Å². The van der Waals surface area contributed by atoms with E-state index < -0.39 is 29.1 Å². The van der Waals surface area contributed by atoms with Gasteiger partial charge in [0.1, 0.15) is 11.6 Å². The topological polar surface area (TPSA) is 108 Å². The molecule has 1 aromatic rings. The Bertz CT molecular complexity index is 909. The Kier molecular flexibility index (Phi) is 7.28. The fourth-order valence-corrected chi connectivity index (χ4v) is 6.28. The lowest BCUT2D eigenvalue weighted by atomic mass is 9.65. The number of carbonyl (C=O) groups is 3. The van der Waals surface area contributed by atoms with Crippen LogP contribution in [0.4, 0.5) is 0 Å². The largest absolute Gasteiger partial charge is 0.396 e. The Morgan fingerprint density at radius 2 is 1.88 bits per heavy atom. The highest BCUT2D eigenvalue weighted by atomic mass is 16.5. The number of amides is 3. The third kappa shape index (κ3) is 4.01. The van der Waals surface area contributed by atoms with Crippen LogP contribution in [0.25, 0.3) is 0 Å². The van der Waals surface area contributed by atoms with E-state index in [-0.39, 0.29) is 30.9 Å². The van der Waals surface area contributed by atoms with Crippen LogP contribution in [0.2, 0.25) is 0 Å². The zero-order valence-corrected chi connectivity index (χ0v) is 20.2. The van der Waals surface area contributed by atoms with Gasteiger partial charge in [0, 0.05) is 26.2 Å². The highest BCUT2D eigenvalue weighted by Crippen LogP contribution is 2.64. The van der Waals surface area contributed by atoms with Gasteiger partial charge in [0.2, 0.25) is 17.7 Å². The van der Waals surface area contributed by atoms with Crippen LogP contribution in [0.1, 0.15) is 57.9 Å². The van der Waals surface area contributed by atoms with E-state index in [1.165, 1.54) is 0 Å². The van der Waals surface area contributed by atoms with Gasteiger partial charge in [0.25, 0.3) is 0 Å². The minimum atomic E-state index is -1.01. The van der Waals surface area contributed by atoms with E-state index in [0.717, 1.165) is 18.4 Å². The first-order chi connectivity index (χ1) is 16.4. The van der Waals surface area contributed by atoms with Crippen molar-refractivity contribution < 1.29 is 24.2 Å². The number of nitrogens with zero attached hydrogens (tertiary/aromatic N) is 1. The van der Waals surface area contributed by atoms with Gasteiger partial charge in [-0.25, -0.2) is 0 Å². The van der Waals surface area contributed by atoms with Crippen molar-refractivity contribution in [3.05, 3.63) is 35.9 Å². The Morgan fingerprint density at radius 3 is 2.56 bits per heavy atom. The lowest BCUT2D eigenvalue weighted by molar-refractivity contribution is -0.147. The molecule has 3 amide bonds. The molecule has 3 saturated heterocycles. The first kappa shape index (κ1) is 24.7. The zero-order valence-electron chi connectivity index (χ0n) is 20.2. The van der Waals surface area contributed by atoms with Gasteiger partial charge in [-0.3, -0.25) is 14.4 Å². The van der Waals surface area contributed by atoms with Crippen molar-refractivity contribution >= 4 is 17.7 Å². The third-order valence-electron chi connectivity index (χ3n) is 7.91. The summed E-state index contributed by atoms with van der Waals surface area (Å²) in [6, 6.07) is 8.88. The van der Waals surface area contributed by atoms with Crippen LogP contribution in [0.5, 0.6) is 0 Å². The van der Waals surface area contributed by atoms with Crippen molar-refractivity contribution in [2.45, 2.75) is 76.2 Å². The SMILES string of the molecule is CCCCNC(=O)C1N(CCCO)C(=O)[C@@H]2[C@H](C(=O)NCc3ccccc3)[C@]3(CC)CCC12O3. The second kappa shape index (κ2) is 10.0. The number of likely N-dealkylation sites (tertiary alicyclic amines) is 1. The van der Waals surface area contributed by atoms with E-state index in [2.05, 4.69) is 17.6 Å². The van der Waals surface area contributed by atoms with Crippen molar-refractivity contribution in [1.29, 1.82) is 0 Å². The number of hydrogen-bond donors (Lipinski definition) is 3. The Hall–Kier alpha value is -2.45. The third-order valence-corrected chi connectivity index (χ3v) is 7.91. The molecule has 34 heavy (non-hydrogen) atoms. The summed E-state index contributed by atoms with van der Waals surface area (Å²) in [4.78, 5) is 42.3. The molecule has 1 aromatic carbocycles. The molecular weight excluding hydrogens is 434 g/mol. The van der Waals surface area contributed by atoms with Crippen molar-refractivity contribution in [3.63, 3.8) is 0 Å². The Balaban J connectivity index is 1.63. The highest BCUT2D eigenvalue weighted by molar-refractivity contribution is 5.99. The van der Waals surface area contributed by atoms with Crippen LogP contribution in [0, 0.1) is 11.8 Å². The summed E-state index contributed by atoms with van der Waals surface area (Å²) < 4.78 is 6.68. The molecule has 4 rings (SSSR count). The van der Waals surface area contributed by atoms with Gasteiger partial charge in [0.05, 0.1) is 17.4 Å². The molecule has 3 fully saturated rings. The predicted octanol–water partition coefficient (Wildman–Crippen LogP) is 1.76.